The Labute approximate surface area is 109 Å². The topological polar surface area (TPSA) is 43.4 Å². The van der Waals surface area contributed by atoms with Gasteiger partial charge in [-0.25, -0.2) is 0 Å². The Morgan fingerprint density at radius 1 is 1.44 bits per heavy atom. The van der Waals surface area contributed by atoms with Crippen molar-refractivity contribution in [3.05, 3.63) is 29.3 Å². The van der Waals surface area contributed by atoms with Gasteiger partial charge in [0.25, 0.3) is 0 Å². The first kappa shape index (κ1) is 14.7. The zero-order chi connectivity index (χ0) is 13.9. The lowest BCUT2D eigenvalue weighted by molar-refractivity contribution is -0.274. The summed E-state index contributed by atoms with van der Waals surface area (Å²) < 4.78 is 40.3. The van der Waals surface area contributed by atoms with Crippen LogP contribution in [0.25, 0.3) is 0 Å². The zero-order valence-corrected chi connectivity index (χ0v) is 10.7. The van der Waals surface area contributed by atoms with Crippen LogP contribution in [0.3, 0.4) is 0 Å². The van der Waals surface area contributed by atoms with Crippen molar-refractivity contribution in [2.24, 2.45) is 0 Å². The van der Waals surface area contributed by atoms with E-state index in [1.54, 1.807) is 0 Å². The highest BCUT2D eigenvalue weighted by molar-refractivity contribution is 9.10. The summed E-state index contributed by atoms with van der Waals surface area (Å²) in [7, 11) is 0. The van der Waals surface area contributed by atoms with Crippen molar-refractivity contribution in [1.82, 2.24) is 0 Å². The van der Waals surface area contributed by atoms with E-state index < -0.39 is 22.7 Å². The highest BCUT2D eigenvalue weighted by Crippen LogP contribution is 2.30. The number of alkyl halides is 4. The van der Waals surface area contributed by atoms with Crippen LogP contribution < -0.4 is 4.74 Å². The lowest BCUT2D eigenvalue weighted by atomic mass is 10.0. The molecule has 1 aromatic rings. The quantitative estimate of drug-likeness (QED) is 0.484. The number of hydrogen-bond acceptors (Lipinski definition) is 3. The molecule has 0 saturated carbocycles. The molecule has 0 spiro atoms. The van der Waals surface area contributed by atoms with Crippen LogP contribution in [0.4, 0.5) is 13.2 Å². The summed E-state index contributed by atoms with van der Waals surface area (Å²) in [4.78, 5) is 21.8. The summed E-state index contributed by atoms with van der Waals surface area (Å²) in [5, 5.41) is 0. The summed E-state index contributed by atoms with van der Waals surface area (Å²) in [6.45, 7) is 1.45. The van der Waals surface area contributed by atoms with Crippen molar-refractivity contribution in [3.8, 4) is 5.75 Å². The first-order valence-corrected chi connectivity index (χ1v) is 5.70. The molecular formula is C11H8BrF3O3. The van der Waals surface area contributed by atoms with E-state index in [2.05, 4.69) is 20.7 Å². The van der Waals surface area contributed by atoms with Crippen molar-refractivity contribution in [2.75, 3.05) is 0 Å². The van der Waals surface area contributed by atoms with Crippen LogP contribution in [-0.4, -0.2) is 23.3 Å². The Morgan fingerprint density at radius 3 is 2.50 bits per heavy atom. The second-order valence-electron chi connectivity index (χ2n) is 3.37. The molecular weight excluding hydrogens is 317 g/mol. The molecule has 0 saturated heterocycles. The first-order chi connectivity index (χ1) is 8.26. The third-order valence-electron chi connectivity index (χ3n) is 2.02. The van der Waals surface area contributed by atoms with Crippen LogP contribution in [0.2, 0.25) is 0 Å². The maximum absolute atomic E-state index is 12.2. The number of benzene rings is 1. The first-order valence-electron chi connectivity index (χ1n) is 4.78. The number of rotatable bonds is 4. The summed E-state index contributed by atoms with van der Waals surface area (Å²) in [5.41, 5.74) is -0.526. The minimum Gasteiger partial charge on any atom is -0.405 e. The van der Waals surface area contributed by atoms with Crippen molar-refractivity contribution in [1.29, 1.82) is 0 Å². The number of hydrogen-bond donors (Lipinski definition) is 0. The number of carbonyl (C=O) groups excluding carboxylic acids is 2. The second-order valence-corrected chi connectivity index (χ2v) is 4.74. The van der Waals surface area contributed by atoms with Gasteiger partial charge in [-0.1, -0.05) is 28.1 Å². The molecule has 7 heteroatoms. The molecule has 0 aliphatic heterocycles. The summed E-state index contributed by atoms with van der Waals surface area (Å²) in [5.74, 6) is -1.33. The van der Waals surface area contributed by atoms with Crippen molar-refractivity contribution in [3.63, 3.8) is 0 Å². The molecule has 18 heavy (non-hydrogen) atoms. The van der Waals surface area contributed by atoms with Crippen LogP contribution in [0, 0.1) is 0 Å². The van der Waals surface area contributed by atoms with E-state index in [1.165, 1.54) is 19.1 Å². The fourth-order valence-corrected chi connectivity index (χ4v) is 1.55. The normalized spacial score (nSPS) is 12.9. The molecule has 0 aliphatic carbocycles. The Morgan fingerprint density at radius 2 is 2.06 bits per heavy atom. The third kappa shape index (κ3) is 3.56. The number of carbonyl (C=O) groups is 2. The van der Waals surface area contributed by atoms with Gasteiger partial charge < -0.3 is 4.74 Å². The van der Waals surface area contributed by atoms with Gasteiger partial charge in [0, 0.05) is 5.56 Å². The van der Waals surface area contributed by atoms with Gasteiger partial charge in [-0.05, 0) is 13.0 Å². The van der Waals surface area contributed by atoms with Crippen LogP contribution in [-0.2, 0) is 0 Å². The predicted molar refractivity (Wildman–Crippen MR) is 61.2 cm³/mol. The van der Waals surface area contributed by atoms with E-state index in [0.29, 0.717) is 6.29 Å². The molecule has 0 heterocycles. The molecule has 0 aliphatic rings. The molecule has 0 bridgehead atoms. The molecule has 0 aromatic heterocycles. The number of Topliss-reactive ketones (excluding diaryl/α,β-unsaturated/α-hetero) is 1. The molecule has 98 valence electrons. The average molecular weight is 325 g/mol. The lowest BCUT2D eigenvalue weighted by Gasteiger charge is -2.14. The molecule has 0 fully saturated rings. The van der Waals surface area contributed by atoms with Crippen LogP contribution in [0.1, 0.15) is 27.6 Å². The molecule has 1 atom stereocenters. The van der Waals surface area contributed by atoms with Gasteiger partial charge in [-0.2, -0.15) is 0 Å². The second kappa shape index (κ2) is 5.51. The Balaban J connectivity index is 3.34. The minimum absolute atomic E-state index is 0.145. The van der Waals surface area contributed by atoms with Gasteiger partial charge in [0.05, 0.1) is 10.4 Å². The van der Waals surface area contributed by atoms with E-state index >= 15 is 0 Å². The fraction of sp³-hybridized carbons (Fsp3) is 0.273. The Hall–Kier alpha value is -1.37. The highest BCUT2D eigenvalue weighted by atomic mass is 79.9. The molecule has 3 nitrogen and oxygen atoms in total. The van der Waals surface area contributed by atoms with Crippen molar-refractivity contribution in [2.45, 2.75) is 18.1 Å². The van der Waals surface area contributed by atoms with Crippen molar-refractivity contribution < 1.29 is 27.5 Å². The monoisotopic (exact) mass is 324 g/mol. The Bertz CT molecular complexity index is 469. The Kier molecular flexibility index (Phi) is 4.50. The average Bonchev–Trinajstić information content (AvgIpc) is 2.25. The number of aldehydes is 1. The van der Waals surface area contributed by atoms with E-state index in [1.807, 2.05) is 0 Å². The summed E-state index contributed by atoms with van der Waals surface area (Å²) in [6, 6.07) is 3.45. The van der Waals surface area contributed by atoms with Gasteiger partial charge in [0.15, 0.2) is 12.1 Å². The fourth-order valence-electron chi connectivity index (χ4n) is 1.32. The summed E-state index contributed by atoms with van der Waals surface area (Å²) in [6.07, 6.45) is -4.61. The van der Waals surface area contributed by atoms with Crippen molar-refractivity contribution >= 4 is 28.0 Å². The maximum Gasteiger partial charge on any atom is 0.573 e. The van der Waals surface area contributed by atoms with E-state index in [9.17, 15) is 22.8 Å². The third-order valence-corrected chi connectivity index (χ3v) is 2.43. The molecule has 1 rings (SSSR count). The smallest absolute Gasteiger partial charge is 0.405 e. The van der Waals surface area contributed by atoms with Crippen LogP contribution >= 0.6 is 15.9 Å². The number of ether oxygens (including phenoxy) is 1. The standard InChI is InChI=1S/C11H8BrF3O3/c1-6(12)10(17)9-7(5-16)3-2-4-8(9)18-11(13,14)15/h2-6H,1H3. The van der Waals surface area contributed by atoms with Crippen LogP contribution in [0.5, 0.6) is 5.75 Å². The van der Waals surface area contributed by atoms with Gasteiger partial charge in [-0.3, -0.25) is 9.59 Å². The summed E-state index contributed by atoms with van der Waals surface area (Å²) >= 11 is 2.95. The maximum atomic E-state index is 12.2. The molecule has 0 amide bonds. The van der Waals surface area contributed by atoms with Crippen LogP contribution in [0.15, 0.2) is 18.2 Å². The van der Waals surface area contributed by atoms with E-state index in [4.69, 9.17) is 0 Å². The van der Waals surface area contributed by atoms with E-state index in [-0.39, 0.29) is 11.1 Å². The van der Waals surface area contributed by atoms with E-state index in [0.717, 1.165) is 6.07 Å². The predicted octanol–water partition coefficient (Wildman–Crippen LogP) is 3.36. The largest absolute Gasteiger partial charge is 0.573 e. The van der Waals surface area contributed by atoms with Gasteiger partial charge in [-0.15, -0.1) is 13.2 Å². The zero-order valence-electron chi connectivity index (χ0n) is 9.12. The molecule has 1 aromatic carbocycles. The van der Waals surface area contributed by atoms with Gasteiger partial charge in [0.1, 0.15) is 5.75 Å². The number of ketones is 1. The lowest BCUT2D eigenvalue weighted by Crippen LogP contribution is -2.21. The molecule has 1 unspecified atom stereocenters. The van der Waals surface area contributed by atoms with Gasteiger partial charge in [0.2, 0.25) is 0 Å². The molecule has 0 radical (unpaired) electrons. The highest BCUT2D eigenvalue weighted by Gasteiger charge is 2.34. The SMILES string of the molecule is CC(Br)C(=O)c1c(C=O)cccc1OC(F)(F)F. The molecule has 0 N–H and O–H groups in total. The van der Waals surface area contributed by atoms with Gasteiger partial charge >= 0.3 is 6.36 Å². The minimum atomic E-state index is -4.92. The number of halogens is 4.